The van der Waals surface area contributed by atoms with Gasteiger partial charge in [-0.15, -0.1) is 0 Å². The number of aryl methyl sites for hydroxylation is 1. The molecule has 1 saturated heterocycles. The number of fused-ring (bicyclic) bond motifs is 3. The number of pyridine rings is 2. The zero-order valence-electron chi connectivity index (χ0n) is 23.2. The Labute approximate surface area is 242 Å². The first kappa shape index (κ1) is 27.4. The summed E-state index contributed by atoms with van der Waals surface area (Å²) in [4.78, 5) is 47.8. The average molecular weight is 577 g/mol. The zero-order valence-corrected chi connectivity index (χ0v) is 23.9. The molecule has 1 aliphatic carbocycles. The van der Waals surface area contributed by atoms with Gasteiger partial charge in [-0.25, -0.2) is 0 Å². The van der Waals surface area contributed by atoms with Crippen molar-refractivity contribution < 1.29 is 14.1 Å². The van der Waals surface area contributed by atoms with E-state index in [1.165, 1.54) is 0 Å². The van der Waals surface area contributed by atoms with Gasteiger partial charge in [0, 0.05) is 63.0 Å². The Balaban J connectivity index is 1.28. The van der Waals surface area contributed by atoms with Gasteiger partial charge in [-0.05, 0) is 56.4 Å². The van der Waals surface area contributed by atoms with Crippen molar-refractivity contribution in [3.05, 3.63) is 69.4 Å². The molecule has 11 heteroatoms. The maximum absolute atomic E-state index is 13.9. The standard InChI is InChI=1S/C30H33ClN6O4/c1-18-25-27(34-41-18)26-23(31)9-4-10-24(26)37(30(25)40)22-8-3-7-21(16-22)33-29(39)28(20-6-5-11-32-17-20)36-14-12-35(13-15-36)19(2)38/h4-6,9-11,17,21-22,28H,3,7-8,12-16H2,1-2H3,(H,33,39). The molecule has 4 aromatic rings. The zero-order chi connectivity index (χ0) is 28.7. The van der Waals surface area contributed by atoms with Gasteiger partial charge in [0.1, 0.15) is 22.7 Å². The molecule has 3 aromatic heterocycles. The lowest BCUT2D eigenvalue weighted by molar-refractivity contribution is -0.133. The highest BCUT2D eigenvalue weighted by atomic mass is 35.5. The molecule has 214 valence electrons. The average Bonchev–Trinajstić information content (AvgIpc) is 3.36. The van der Waals surface area contributed by atoms with E-state index in [0.717, 1.165) is 30.3 Å². The monoisotopic (exact) mass is 576 g/mol. The van der Waals surface area contributed by atoms with Crippen LogP contribution in [-0.4, -0.2) is 68.5 Å². The summed E-state index contributed by atoms with van der Waals surface area (Å²) in [5.41, 5.74) is 1.87. The number of amides is 2. The number of carbonyl (C=O) groups excluding carboxylic acids is 2. The van der Waals surface area contributed by atoms with Gasteiger partial charge in [0.2, 0.25) is 11.8 Å². The summed E-state index contributed by atoms with van der Waals surface area (Å²) in [5, 5.41) is 9.12. The fourth-order valence-electron chi connectivity index (χ4n) is 6.51. The van der Waals surface area contributed by atoms with Gasteiger partial charge in [0.15, 0.2) is 0 Å². The van der Waals surface area contributed by atoms with E-state index in [4.69, 9.17) is 16.1 Å². The molecule has 0 radical (unpaired) electrons. The lowest BCUT2D eigenvalue weighted by atomic mass is 9.89. The topological polar surface area (TPSA) is 114 Å². The Bertz CT molecular complexity index is 1660. The van der Waals surface area contributed by atoms with E-state index in [0.29, 0.717) is 59.7 Å². The number of hydrogen-bond donors (Lipinski definition) is 1. The first-order valence-corrected chi connectivity index (χ1v) is 14.5. The predicted molar refractivity (Wildman–Crippen MR) is 156 cm³/mol. The largest absolute Gasteiger partial charge is 0.360 e. The molecule has 2 fully saturated rings. The van der Waals surface area contributed by atoms with E-state index in [1.54, 1.807) is 32.3 Å². The molecule has 10 nitrogen and oxygen atoms in total. The van der Waals surface area contributed by atoms with Crippen LogP contribution in [0, 0.1) is 6.92 Å². The Morgan fingerprint density at radius 3 is 2.63 bits per heavy atom. The van der Waals surface area contributed by atoms with Gasteiger partial charge in [-0.3, -0.25) is 24.3 Å². The van der Waals surface area contributed by atoms with Gasteiger partial charge in [0.25, 0.3) is 5.56 Å². The second-order valence-electron chi connectivity index (χ2n) is 11.0. The Morgan fingerprint density at radius 1 is 1.10 bits per heavy atom. The maximum Gasteiger partial charge on any atom is 0.264 e. The molecule has 3 atom stereocenters. The van der Waals surface area contributed by atoms with Crippen molar-refractivity contribution in [3.8, 4) is 0 Å². The van der Waals surface area contributed by atoms with Crippen LogP contribution < -0.4 is 10.9 Å². The van der Waals surface area contributed by atoms with Gasteiger partial charge >= 0.3 is 0 Å². The summed E-state index contributed by atoms with van der Waals surface area (Å²) in [6.45, 7) is 5.66. The second-order valence-corrected chi connectivity index (χ2v) is 11.4. The smallest absolute Gasteiger partial charge is 0.264 e. The number of hydrogen-bond acceptors (Lipinski definition) is 7. The van der Waals surface area contributed by atoms with Crippen molar-refractivity contribution >= 4 is 45.2 Å². The fourth-order valence-corrected chi connectivity index (χ4v) is 6.76. The molecule has 1 aliphatic heterocycles. The number of piperazine rings is 1. The van der Waals surface area contributed by atoms with E-state index in [1.807, 2.05) is 33.7 Å². The molecule has 41 heavy (non-hydrogen) atoms. The Kier molecular flexibility index (Phi) is 7.52. The maximum atomic E-state index is 13.9. The molecule has 0 spiro atoms. The van der Waals surface area contributed by atoms with E-state index >= 15 is 0 Å². The number of benzene rings is 1. The molecule has 1 N–H and O–H groups in total. The van der Waals surface area contributed by atoms with Crippen LogP contribution in [0.5, 0.6) is 0 Å². The molecule has 2 aliphatic rings. The van der Waals surface area contributed by atoms with Gasteiger partial charge in [-0.2, -0.15) is 0 Å². The molecule has 1 aromatic carbocycles. The van der Waals surface area contributed by atoms with E-state index in [-0.39, 0.29) is 29.5 Å². The van der Waals surface area contributed by atoms with Gasteiger partial charge in [-0.1, -0.05) is 28.9 Å². The molecule has 2 amide bonds. The van der Waals surface area contributed by atoms with Crippen molar-refractivity contribution in [2.24, 2.45) is 0 Å². The molecule has 1 saturated carbocycles. The van der Waals surface area contributed by atoms with Crippen molar-refractivity contribution in [2.75, 3.05) is 26.2 Å². The fraction of sp³-hybridized carbons (Fsp3) is 0.433. The summed E-state index contributed by atoms with van der Waals surface area (Å²) in [5.74, 6) is 0.417. The van der Waals surface area contributed by atoms with Crippen LogP contribution in [0.4, 0.5) is 0 Å². The lowest BCUT2D eigenvalue weighted by Gasteiger charge is -2.39. The van der Waals surface area contributed by atoms with Crippen LogP contribution in [-0.2, 0) is 9.59 Å². The number of carbonyl (C=O) groups is 2. The van der Waals surface area contributed by atoms with Crippen molar-refractivity contribution in [1.82, 2.24) is 29.8 Å². The van der Waals surface area contributed by atoms with Crippen molar-refractivity contribution in [3.63, 3.8) is 0 Å². The number of nitrogens with zero attached hydrogens (tertiary/aromatic N) is 5. The first-order chi connectivity index (χ1) is 19.8. The van der Waals surface area contributed by atoms with E-state index in [9.17, 15) is 14.4 Å². The molecular weight excluding hydrogens is 544 g/mol. The molecule has 4 heterocycles. The Morgan fingerprint density at radius 2 is 1.90 bits per heavy atom. The van der Waals surface area contributed by atoms with Crippen LogP contribution in [0.1, 0.15) is 56.0 Å². The van der Waals surface area contributed by atoms with Crippen molar-refractivity contribution in [1.29, 1.82) is 0 Å². The third kappa shape index (κ3) is 5.10. The van der Waals surface area contributed by atoms with E-state index in [2.05, 4.69) is 20.4 Å². The van der Waals surface area contributed by atoms with Crippen LogP contribution in [0.25, 0.3) is 21.8 Å². The van der Waals surface area contributed by atoms with Gasteiger partial charge < -0.3 is 19.3 Å². The van der Waals surface area contributed by atoms with Crippen molar-refractivity contribution in [2.45, 2.75) is 57.7 Å². The minimum Gasteiger partial charge on any atom is -0.360 e. The highest BCUT2D eigenvalue weighted by Crippen LogP contribution is 2.35. The minimum atomic E-state index is -0.517. The Hall–Kier alpha value is -3.76. The van der Waals surface area contributed by atoms with Crippen LogP contribution >= 0.6 is 11.6 Å². The molecule has 0 bridgehead atoms. The molecule has 3 unspecified atom stereocenters. The third-order valence-electron chi connectivity index (χ3n) is 8.51. The number of rotatable bonds is 5. The molecular formula is C30H33ClN6O4. The quantitative estimate of drug-likeness (QED) is 0.382. The SMILES string of the molecule is CC(=O)N1CCN(C(C(=O)NC2CCCC(n3c(=O)c4c(C)onc4c4c(Cl)cccc43)C2)c2cccnc2)CC1. The van der Waals surface area contributed by atoms with Crippen LogP contribution in [0.15, 0.2) is 52.0 Å². The summed E-state index contributed by atoms with van der Waals surface area (Å²) < 4.78 is 7.24. The molecule has 6 rings (SSSR count). The van der Waals surface area contributed by atoms with Crippen LogP contribution in [0.2, 0.25) is 5.02 Å². The van der Waals surface area contributed by atoms with Gasteiger partial charge in [0.05, 0.1) is 10.5 Å². The summed E-state index contributed by atoms with van der Waals surface area (Å²) >= 11 is 6.61. The lowest BCUT2D eigenvalue weighted by Crippen LogP contribution is -2.53. The van der Waals surface area contributed by atoms with Crippen LogP contribution in [0.3, 0.4) is 0 Å². The highest BCUT2D eigenvalue weighted by Gasteiger charge is 2.34. The highest BCUT2D eigenvalue weighted by molar-refractivity contribution is 6.37. The number of aromatic nitrogens is 3. The summed E-state index contributed by atoms with van der Waals surface area (Å²) in [6.07, 6.45) is 6.53. The number of nitrogens with one attached hydrogen (secondary N) is 1. The summed E-state index contributed by atoms with van der Waals surface area (Å²) in [6, 6.07) is 8.53. The minimum absolute atomic E-state index is 0.0453. The number of halogens is 1. The predicted octanol–water partition coefficient (Wildman–Crippen LogP) is 4.00. The third-order valence-corrected chi connectivity index (χ3v) is 8.83. The normalized spacial score (nSPS) is 20.8. The summed E-state index contributed by atoms with van der Waals surface area (Å²) in [7, 11) is 0. The second kappa shape index (κ2) is 11.3. The van der Waals surface area contributed by atoms with E-state index < -0.39 is 6.04 Å². The first-order valence-electron chi connectivity index (χ1n) is 14.1.